The molecular weight excluding hydrogens is 264 g/mol. The summed E-state index contributed by atoms with van der Waals surface area (Å²) in [5, 5.41) is 0. The third-order valence-corrected chi connectivity index (χ3v) is 2.22. The van der Waals surface area contributed by atoms with Crippen LogP contribution in [0.2, 0.25) is 0 Å². The summed E-state index contributed by atoms with van der Waals surface area (Å²) < 4.78 is 40.4. The lowest BCUT2D eigenvalue weighted by atomic mass is 10.1. The Kier molecular flexibility index (Phi) is 5.97. The Labute approximate surface area is 103 Å². The van der Waals surface area contributed by atoms with Crippen LogP contribution in [0.15, 0.2) is 18.2 Å². The SMILES string of the molecule is Cc1c(CCl)cccc1OCC(F)(F)F.Cl. The van der Waals surface area contributed by atoms with Gasteiger partial charge in [-0.1, -0.05) is 12.1 Å². The predicted octanol–water partition coefficient (Wildman–Crippen LogP) is 4.10. The molecule has 0 bridgehead atoms. The topological polar surface area (TPSA) is 9.23 Å². The van der Waals surface area contributed by atoms with Crippen LogP contribution in [0.3, 0.4) is 0 Å². The molecule has 0 saturated carbocycles. The van der Waals surface area contributed by atoms with E-state index in [0.29, 0.717) is 5.56 Å². The molecule has 0 N–H and O–H groups in total. The smallest absolute Gasteiger partial charge is 0.422 e. The minimum atomic E-state index is -4.32. The average molecular weight is 275 g/mol. The second-order valence-electron chi connectivity index (χ2n) is 3.08. The molecule has 0 aliphatic heterocycles. The third kappa shape index (κ3) is 4.49. The lowest BCUT2D eigenvalue weighted by molar-refractivity contribution is -0.153. The lowest BCUT2D eigenvalue weighted by Crippen LogP contribution is -2.19. The van der Waals surface area contributed by atoms with Crippen molar-refractivity contribution in [2.75, 3.05) is 6.61 Å². The first-order chi connectivity index (χ1) is 6.94. The highest BCUT2D eigenvalue weighted by Crippen LogP contribution is 2.24. The van der Waals surface area contributed by atoms with E-state index in [4.69, 9.17) is 11.6 Å². The van der Waals surface area contributed by atoms with E-state index in [1.54, 1.807) is 19.1 Å². The van der Waals surface area contributed by atoms with Crippen molar-refractivity contribution in [1.82, 2.24) is 0 Å². The van der Waals surface area contributed by atoms with Crippen LogP contribution in [0.1, 0.15) is 11.1 Å². The van der Waals surface area contributed by atoms with Crippen molar-refractivity contribution in [3.8, 4) is 5.75 Å². The van der Waals surface area contributed by atoms with Gasteiger partial charge in [0, 0.05) is 5.88 Å². The second kappa shape index (κ2) is 6.21. The van der Waals surface area contributed by atoms with E-state index in [1.807, 2.05) is 0 Å². The summed E-state index contributed by atoms with van der Waals surface area (Å²) >= 11 is 5.62. The van der Waals surface area contributed by atoms with Crippen LogP contribution in [0.5, 0.6) is 5.75 Å². The Balaban J connectivity index is 0.00000225. The molecule has 0 aliphatic carbocycles. The molecule has 1 rings (SSSR count). The van der Waals surface area contributed by atoms with E-state index in [1.165, 1.54) is 6.07 Å². The van der Waals surface area contributed by atoms with E-state index < -0.39 is 12.8 Å². The van der Waals surface area contributed by atoms with Gasteiger partial charge >= 0.3 is 6.18 Å². The van der Waals surface area contributed by atoms with Gasteiger partial charge in [-0.05, 0) is 24.1 Å². The average Bonchev–Trinajstić information content (AvgIpc) is 2.15. The molecule has 16 heavy (non-hydrogen) atoms. The highest BCUT2D eigenvalue weighted by Gasteiger charge is 2.28. The molecule has 92 valence electrons. The largest absolute Gasteiger partial charge is 0.484 e. The summed E-state index contributed by atoms with van der Waals surface area (Å²) in [6.45, 7) is 0.406. The predicted molar refractivity (Wildman–Crippen MR) is 59.5 cm³/mol. The van der Waals surface area contributed by atoms with Gasteiger partial charge in [0.1, 0.15) is 5.75 Å². The fourth-order valence-electron chi connectivity index (χ4n) is 1.12. The van der Waals surface area contributed by atoms with Gasteiger partial charge in [0.05, 0.1) is 0 Å². The molecule has 0 heterocycles. The molecule has 0 atom stereocenters. The summed E-state index contributed by atoms with van der Waals surface area (Å²) in [5.41, 5.74) is 1.42. The standard InChI is InChI=1S/C10H10ClF3O.ClH/c1-7-8(5-11)3-2-4-9(7)15-6-10(12,13)14;/h2-4H,5-6H2,1H3;1H. The number of rotatable bonds is 3. The van der Waals surface area contributed by atoms with Crippen LogP contribution >= 0.6 is 24.0 Å². The van der Waals surface area contributed by atoms with Gasteiger partial charge in [0.25, 0.3) is 0 Å². The van der Waals surface area contributed by atoms with Crippen LogP contribution in [-0.2, 0) is 5.88 Å². The highest BCUT2D eigenvalue weighted by atomic mass is 35.5. The fourth-order valence-corrected chi connectivity index (χ4v) is 1.41. The first kappa shape index (κ1) is 15.4. The molecule has 0 amide bonds. The molecule has 1 nitrogen and oxygen atoms in total. The minimum absolute atomic E-state index is 0. The maximum atomic E-state index is 11.9. The van der Waals surface area contributed by atoms with Gasteiger partial charge in [0.15, 0.2) is 6.61 Å². The Morgan fingerprint density at radius 1 is 1.31 bits per heavy atom. The monoisotopic (exact) mass is 274 g/mol. The number of alkyl halides is 4. The van der Waals surface area contributed by atoms with Crippen molar-refractivity contribution < 1.29 is 17.9 Å². The molecule has 0 unspecified atom stereocenters. The first-order valence-corrected chi connectivity index (χ1v) is 4.81. The zero-order valence-electron chi connectivity index (χ0n) is 8.47. The molecule has 0 saturated heterocycles. The number of benzene rings is 1. The van der Waals surface area contributed by atoms with Crippen LogP contribution < -0.4 is 4.74 Å². The van der Waals surface area contributed by atoms with Crippen LogP contribution in [0.25, 0.3) is 0 Å². The molecule has 0 fully saturated rings. The van der Waals surface area contributed by atoms with Crippen molar-refractivity contribution >= 4 is 24.0 Å². The normalized spacial score (nSPS) is 10.8. The number of hydrogen-bond donors (Lipinski definition) is 0. The molecule has 0 aliphatic rings. The van der Waals surface area contributed by atoms with Gasteiger partial charge < -0.3 is 4.74 Å². The summed E-state index contributed by atoms with van der Waals surface area (Å²) in [6, 6.07) is 4.87. The van der Waals surface area contributed by atoms with Crippen molar-refractivity contribution in [2.24, 2.45) is 0 Å². The van der Waals surface area contributed by atoms with E-state index in [-0.39, 0.29) is 24.0 Å². The number of hydrogen-bond acceptors (Lipinski definition) is 1. The number of halogens is 5. The quantitative estimate of drug-likeness (QED) is 0.755. The van der Waals surface area contributed by atoms with Gasteiger partial charge in [-0.15, -0.1) is 24.0 Å². The van der Waals surface area contributed by atoms with Gasteiger partial charge in [0.2, 0.25) is 0 Å². The van der Waals surface area contributed by atoms with Crippen LogP contribution in [-0.4, -0.2) is 12.8 Å². The van der Waals surface area contributed by atoms with Crippen molar-refractivity contribution in [3.63, 3.8) is 0 Å². The molecule has 1 aromatic carbocycles. The molecule has 0 radical (unpaired) electrons. The minimum Gasteiger partial charge on any atom is -0.484 e. The van der Waals surface area contributed by atoms with E-state index >= 15 is 0 Å². The Morgan fingerprint density at radius 3 is 2.44 bits per heavy atom. The molecule has 0 aromatic heterocycles. The zero-order chi connectivity index (χ0) is 11.5. The Bertz CT molecular complexity index is 339. The Morgan fingerprint density at radius 2 is 1.94 bits per heavy atom. The summed E-state index contributed by atoms with van der Waals surface area (Å²) in [6.07, 6.45) is -4.32. The van der Waals surface area contributed by atoms with Crippen molar-refractivity contribution in [3.05, 3.63) is 29.3 Å². The zero-order valence-corrected chi connectivity index (χ0v) is 10.0. The number of ether oxygens (including phenoxy) is 1. The van der Waals surface area contributed by atoms with Gasteiger partial charge in [-0.2, -0.15) is 13.2 Å². The molecule has 1 aromatic rings. The van der Waals surface area contributed by atoms with E-state index in [9.17, 15) is 13.2 Å². The summed E-state index contributed by atoms with van der Waals surface area (Å²) in [4.78, 5) is 0. The maximum absolute atomic E-state index is 11.9. The summed E-state index contributed by atoms with van der Waals surface area (Å²) in [5.74, 6) is 0.486. The second-order valence-corrected chi connectivity index (χ2v) is 3.35. The fraction of sp³-hybridized carbons (Fsp3) is 0.400. The van der Waals surface area contributed by atoms with Crippen molar-refractivity contribution in [2.45, 2.75) is 19.0 Å². The molecular formula is C10H11Cl2F3O. The van der Waals surface area contributed by atoms with E-state index in [0.717, 1.165) is 5.56 Å². The van der Waals surface area contributed by atoms with Gasteiger partial charge in [-0.25, -0.2) is 0 Å². The first-order valence-electron chi connectivity index (χ1n) is 4.28. The molecule has 0 spiro atoms. The van der Waals surface area contributed by atoms with E-state index in [2.05, 4.69) is 4.74 Å². The Hall–Kier alpha value is -0.610. The van der Waals surface area contributed by atoms with Crippen molar-refractivity contribution in [1.29, 1.82) is 0 Å². The van der Waals surface area contributed by atoms with Crippen LogP contribution in [0, 0.1) is 6.92 Å². The molecule has 6 heteroatoms. The van der Waals surface area contributed by atoms with Crippen LogP contribution in [0.4, 0.5) is 13.2 Å². The van der Waals surface area contributed by atoms with Gasteiger partial charge in [-0.3, -0.25) is 0 Å². The summed E-state index contributed by atoms with van der Waals surface area (Å²) in [7, 11) is 0. The maximum Gasteiger partial charge on any atom is 0.422 e. The third-order valence-electron chi connectivity index (χ3n) is 1.93. The lowest BCUT2D eigenvalue weighted by Gasteiger charge is -2.12. The highest BCUT2D eigenvalue weighted by molar-refractivity contribution is 6.17.